The maximum absolute atomic E-state index is 8.85. The highest BCUT2D eigenvalue weighted by molar-refractivity contribution is 9.10. The molecular formula is C6H5BrN4O. The molecule has 0 unspecified atom stereocenters. The van der Waals surface area contributed by atoms with Crippen molar-refractivity contribution < 1.29 is 5.11 Å². The van der Waals surface area contributed by atoms with Crippen LogP contribution in [-0.2, 0) is 6.61 Å². The van der Waals surface area contributed by atoms with E-state index in [-0.39, 0.29) is 6.61 Å². The van der Waals surface area contributed by atoms with Gasteiger partial charge in [-0.05, 0) is 15.9 Å². The third-order valence-electron chi connectivity index (χ3n) is 1.45. The summed E-state index contributed by atoms with van der Waals surface area (Å²) in [7, 11) is 0. The molecule has 0 amide bonds. The molecule has 6 heteroatoms. The highest BCUT2D eigenvalue weighted by atomic mass is 79.9. The minimum atomic E-state index is -0.140. The Morgan fingerprint density at radius 3 is 3.08 bits per heavy atom. The molecule has 62 valence electrons. The molecule has 0 aliphatic carbocycles. The minimum Gasteiger partial charge on any atom is -0.388 e. The zero-order valence-corrected chi connectivity index (χ0v) is 7.56. The lowest BCUT2D eigenvalue weighted by atomic mass is 10.6. The standard InChI is InChI=1S/C6H5BrN4O/c7-4-1-8-6-10-9-5(3-12)11(6)2-4/h1-2,12H,3H2. The van der Waals surface area contributed by atoms with Crippen LogP contribution < -0.4 is 0 Å². The third-order valence-corrected chi connectivity index (χ3v) is 1.86. The first-order chi connectivity index (χ1) is 5.81. The summed E-state index contributed by atoms with van der Waals surface area (Å²) in [6.07, 6.45) is 3.39. The van der Waals surface area contributed by atoms with Crippen LogP contribution in [0.25, 0.3) is 5.78 Å². The second-order valence-electron chi connectivity index (χ2n) is 2.22. The van der Waals surface area contributed by atoms with Crippen molar-refractivity contribution in [2.24, 2.45) is 0 Å². The molecule has 0 saturated carbocycles. The first-order valence-electron chi connectivity index (χ1n) is 3.27. The quantitative estimate of drug-likeness (QED) is 0.767. The van der Waals surface area contributed by atoms with E-state index in [1.165, 1.54) is 0 Å². The van der Waals surface area contributed by atoms with Crippen LogP contribution in [0.5, 0.6) is 0 Å². The van der Waals surface area contributed by atoms with Crippen LogP contribution in [0.4, 0.5) is 0 Å². The van der Waals surface area contributed by atoms with E-state index in [9.17, 15) is 0 Å². The molecule has 0 radical (unpaired) electrons. The van der Waals surface area contributed by atoms with Crippen molar-refractivity contribution in [1.82, 2.24) is 19.6 Å². The molecular weight excluding hydrogens is 224 g/mol. The number of fused-ring (bicyclic) bond motifs is 1. The van der Waals surface area contributed by atoms with E-state index in [0.29, 0.717) is 11.6 Å². The van der Waals surface area contributed by atoms with E-state index in [1.807, 2.05) is 0 Å². The summed E-state index contributed by atoms with van der Waals surface area (Å²) in [4.78, 5) is 3.98. The van der Waals surface area contributed by atoms with E-state index >= 15 is 0 Å². The van der Waals surface area contributed by atoms with Gasteiger partial charge in [0, 0.05) is 12.4 Å². The first-order valence-corrected chi connectivity index (χ1v) is 4.06. The molecule has 0 spiro atoms. The van der Waals surface area contributed by atoms with Crippen molar-refractivity contribution in [2.45, 2.75) is 6.61 Å². The molecule has 5 nitrogen and oxygen atoms in total. The molecule has 2 aromatic rings. The highest BCUT2D eigenvalue weighted by Gasteiger charge is 2.03. The Morgan fingerprint density at radius 1 is 1.50 bits per heavy atom. The summed E-state index contributed by atoms with van der Waals surface area (Å²) in [5.74, 6) is 0.973. The molecule has 0 aromatic carbocycles. The fourth-order valence-electron chi connectivity index (χ4n) is 0.918. The van der Waals surface area contributed by atoms with E-state index in [4.69, 9.17) is 5.11 Å². The second kappa shape index (κ2) is 2.80. The summed E-state index contributed by atoms with van der Waals surface area (Å²) in [6, 6.07) is 0. The van der Waals surface area contributed by atoms with E-state index in [2.05, 4.69) is 31.1 Å². The fourth-order valence-corrected chi connectivity index (χ4v) is 1.23. The van der Waals surface area contributed by atoms with Crippen molar-refractivity contribution in [1.29, 1.82) is 0 Å². The van der Waals surface area contributed by atoms with Gasteiger partial charge >= 0.3 is 0 Å². The number of hydrogen-bond acceptors (Lipinski definition) is 4. The summed E-state index contributed by atoms with van der Waals surface area (Å²) >= 11 is 3.26. The van der Waals surface area contributed by atoms with Crippen LogP contribution >= 0.6 is 15.9 Å². The van der Waals surface area contributed by atoms with Crippen LogP contribution in [0.2, 0.25) is 0 Å². The topological polar surface area (TPSA) is 63.3 Å². The second-order valence-corrected chi connectivity index (χ2v) is 3.13. The van der Waals surface area contributed by atoms with Gasteiger partial charge < -0.3 is 5.11 Å². The van der Waals surface area contributed by atoms with Crippen molar-refractivity contribution in [3.63, 3.8) is 0 Å². The number of hydrogen-bond donors (Lipinski definition) is 1. The minimum absolute atomic E-state index is 0.140. The SMILES string of the molecule is OCc1nnc2ncc(Br)cn12. The molecule has 0 aliphatic rings. The lowest BCUT2D eigenvalue weighted by Crippen LogP contribution is -1.94. The van der Waals surface area contributed by atoms with E-state index in [0.717, 1.165) is 4.47 Å². The predicted molar refractivity (Wildman–Crippen MR) is 44.4 cm³/mol. The molecule has 2 rings (SSSR count). The Morgan fingerprint density at radius 2 is 2.33 bits per heavy atom. The average Bonchev–Trinajstić information content (AvgIpc) is 2.46. The summed E-state index contributed by atoms with van der Waals surface area (Å²) in [5, 5.41) is 16.3. The Balaban J connectivity index is 2.75. The number of nitrogens with zero attached hydrogens (tertiary/aromatic N) is 4. The van der Waals surface area contributed by atoms with Gasteiger partial charge in [-0.2, -0.15) is 0 Å². The lowest BCUT2D eigenvalue weighted by Gasteiger charge is -1.94. The predicted octanol–water partition coefficient (Wildman–Crippen LogP) is 0.379. The number of aliphatic hydroxyl groups excluding tert-OH is 1. The zero-order valence-electron chi connectivity index (χ0n) is 5.98. The Bertz CT molecular complexity index is 413. The molecule has 0 fully saturated rings. The van der Waals surface area contributed by atoms with E-state index < -0.39 is 0 Å². The summed E-state index contributed by atoms with van der Waals surface area (Å²) in [6.45, 7) is -0.140. The van der Waals surface area contributed by atoms with Gasteiger partial charge in [-0.25, -0.2) is 4.98 Å². The number of rotatable bonds is 1. The van der Waals surface area contributed by atoms with Gasteiger partial charge in [0.05, 0.1) is 4.47 Å². The van der Waals surface area contributed by atoms with Gasteiger partial charge in [-0.1, -0.05) is 0 Å². The molecule has 0 aliphatic heterocycles. The Hall–Kier alpha value is -1.01. The Labute approximate surface area is 76.2 Å². The molecule has 12 heavy (non-hydrogen) atoms. The molecule has 0 bridgehead atoms. The number of aromatic nitrogens is 4. The number of halogens is 1. The van der Waals surface area contributed by atoms with Crippen LogP contribution in [0.15, 0.2) is 16.9 Å². The van der Waals surface area contributed by atoms with Gasteiger partial charge in [0.1, 0.15) is 6.61 Å². The maximum Gasteiger partial charge on any atom is 0.255 e. The van der Waals surface area contributed by atoms with Gasteiger partial charge in [-0.3, -0.25) is 4.40 Å². The highest BCUT2D eigenvalue weighted by Crippen LogP contribution is 2.08. The first kappa shape index (κ1) is 7.63. The monoisotopic (exact) mass is 228 g/mol. The normalized spacial score (nSPS) is 10.8. The van der Waals surface area contributed by atoms with Crippen LogP contribution in [0, 0.1) is 0 Å². The molecule has 1 N–H and O–H groups in total. The lowest BCUT2D eigenvalue weighted by molar-refractivity contribution is 0.270. The number of aliphatic hydroxyl groups is 1. The van der Waals surface area contributed by atoms with Crippen LogP contribution in [-0.4, -0.2) is 24.7 Å². The molecule has 2 aromatic heterocycles. The molecule has 0 saturated heterocycles. The fraction of sp³-hybridized carbons (Fsp3) is 0.167. The van der Waals surface area contributed by atoms with Gasteiger partial charge in [0.15, 0.2) is 5.82 Å². The molecule has 0 atom stereocenters. The largest absolute Gasteiger partial charge is 0.388 e. The van der Waals surface area contributed by atoms with Gasteiger partial charge in [0.25, 0.3) is 5.78 Å². The van der Waals surface area contributed by atoms with Crippen LogP contribution in [0.3, 0.4) is 0 Å². The van der Waals surface area contributed by atoms with Crippen molar-refractivity contribution in [3.8, 4) is 0 Å². The summed E-state index contributed by atoms with van der Waals surface area (Å²) < 4.78 is 2.45. The smallest absolute Gasteiger partial charge is 0.255 e. The Kier molecular flexibility index (Phi) is 1.78. The average molecular weight is 229 g/mol. The van der Waals surface area contributed by atoms with Crippen molar-refractivity contribution in [3.05, 3.63) is 22.7 Å². The zero-order chi connectivity index (χ0) is 8.55. The van der Waals surface area contributed by atoms with Gasteiger partial charge in [-0.15, -0.1) is 10.2 Å². The molecule has 2 heterocycles. The van der Waals surface area contributed by atoms with E-state index in [1.54, 1.807) is 16.8 Å². The maximum atomic E-state index is 8.85. The van der Waals surface area contributed by atoms with Crippen molar-refractivity contribution in [2.75, 3.05) is 0 Å². The van der Waals surface area contributed by atoms with Crippen molar-refractivity contribution >= 4 is 21.7 Å². The van der Waals surface area contributed by atoms with Gasteiger partial charge in [0.2, 0.25) is 0 Å². The summed E-state index contributed by atoms with van der Waals surface area (Å²) in [5.41, 5.74) is 0. The third kappa shape index (κ3) is 1.09. The van der Waals surface area contributed by atoms with Crippen LogP contribution in [0.1, 0.15) is 5.82 Å².